The molecular weight excluding hydrogens is 268 g/mol. The Morgan fingerprint density at radius 2 is 2.10 bits per heavy atom. The zero-order chi connectivity index (χ0) is 14.8. The van der Waals surface area contributed by atoms with Crippen LogP contribution in [-0.2, 0) is 0 Å². The molecule has 3 N–H and O–H groups in total. The van der Waals surface area contributed by atoms with Gasteiger partial charge in [-0.3, -0.25) is 0 Å². The van der Waals surface area contributed by atoms with E-state index < -0.39 is 0 Å². The molecule has 0 bridgehead atoms. The minimum absolute atomic E-state index is 0.0582. The molecular formula is C14H14N6O. The minimum atomic E-state index is 0.0582. The number of para-hydroxylation sites is 1. The molecule has 0 aliphatic rings. The fraction of sp³-hybridized carbons (Fsp3) is 0.0714. The molecule has 21 heavy (non-hydrogen) atoms. The van der Waals surface area contributed by atoms with Crippen LogP contribution in [0.2, 0.25) is 0 Å². The van der Waals surface area contributed by atoms with E-state index in [-0.39, 0.29) is 5.84 Å². The number of nitrogens with two attached hydrogens (primary N) is 1. The average Bonchev–Trinajstić information content (AvgIpc) is 3.01. The number of rotatable bonds is 3. The van der Waals surface area contributed by atoms with Crippen LogP contribution in [-0.4, -0.2) is 32.7 Å². The van der Waals surface area contributed by atoms with E-state index in [0.717, 1.165) is 17.2 Å². The van der Waals surface area contributed by atoms with Crippen LogP contribution < -0.4 is 10.6 Å². The van der Waals surface area contributed by atoms with E-state index in [2.05, 4.69) is 15.2 Å². The molecule has 0 saturated heterocycles. The number of amidine groups is 1. The van der Waals surface area contributed by atoms with Gasteiger partial charge in [-0.25, -0.2) is 9.50 Å². The van der Waals surface area contributed by atoms with E-state index >= 15 is 0 Å². The number of hydrogen-bond donors (Lipinski definition) is 2. The van der Waals surface area contributed by atoms with E-state index in [1.165, 1.54) is 0 Å². The highest BCUT2D eigenvalue weighted by Crippen LogP contribution is 2.25. The van der Waals surface area contributed by atoms with Gasteiger partial charge >= 0.3 is 0 Å². The Morgan fingerprint density at radius 3 is 2.90 bits per heavy atom. The number of benzene rings is 1. The van der Waals surface area contributed by atoms with Gasteiger partial charge in [0.05, 0.1) is 11.9 Å². The smallest absolute Gasteiger partial charge is 0.172 e. The zero-order valence-corrected chi connectivity index (χ0v) is 11.4. The van der Waals surface area contributed by atoms with Crippen LogP contribution in [0.1, 0.15) is 5.56 Å². The Balaban J connectivity index is 2.07. The van der Waals surface area contributed by atoms with Crippen LogP contribution in [0.5, 0.6) is 0 Å². The molecule has 7 heteroatoms. The molecule has 0 amide bonds. The lowest BCUT2D eigenvalue weighted by molar-refractivity contribution is 0.318. The zero-order valence-electron chi connectivity index (χ0n) is 11.4. The van der Waals surface area contributed by atoms with Gasteiger partial charge in [-0.05, 0) is 18.2 Å². The van der Waals surface area contributed by atoms with Gasteiger partial charge in [0, 0.05) is 24.9 Å². The third kappa shape index (κ3) is 2.25. The summed E-state index contributed by atoms with van der Waals surface area (Å²) in [5.74, 6) is 0.795. The second-order valence-electron chi connectivity index (χ2n) is 4.48. The van der Waals surface area contributed by atoms with Crippen LogP contribution in [0.4, 0.5) is 11.5 Å². The summed E-state index contributed by atoms with van der Waals surface area (Å²) in [7, 11) is 1.87. The molecule has 0 radical (unpaired) electrons. The van der Waals surface area contributed by atoms with Crippen molar-refractivity contribution in [3.05, 3.63) is 54.4 Å². The summed E-state index contributed by atoms with van der Waals surface area (Å²) >= 11 is 0. The standard InChI is InChI=1S/C14H14N6O/c1-19(11-5-3-2-4-10(11)14(15)18-21)12-7-9-20-13(17-12)6-8-16-20/h2-9,21H,1H3,(H2,15,18). The number of aromatic nitrogens is 3. The predicted molar refractivity (Wildman–Crippen MR) is 80.0 cm³/mol. The molecule has 7 nitrogen and oxygen atoms in total. The van der Waals surface area contributed by atoms with E-state index in [4.69, 9.17) is 10.9 Å². The van der Waals surface area contributed by atoms with Gasteiger partial charge in [0.15, 0.2) is 11.5 Å². The van der Waals surface area contributed by atoms with Crippen molar-refractivity contribution in [2.45, 2.75) is 0 Å². The minimum Gasteiger partial charge on any atom is -0.409 e. The summed E-state index contributed by atoms with van der Waals surface area (Å²) in [5, 5.41) is 16.1. The lowest BCUT2D eigenvalue weighted by Crippen LogP contribution is -2.20. The molecule has 3 rings (SSSR count). The van der Waals surface area contributed by atoms with Gasteiger partial charge in [-0.2, -0.15) is 5.10 Å². The van der Waals surface area contributed by atoms with Crippen molar-refractivity contribution in [1.82, 2.24) is 14.6 Å². The highest BCUT2D eigenvalue weighted by Gasteiger charge is 2.13. The Labute approximate surface area is 120 Å². The van der Waals surface area contributed by atoms with Gasteiger partial charge < -0.3 is 15.8 Å². The lowest BCUT2D eigenvalue weighted by atomic mass is 10.1. The van der Waals surface area contributed by atoms with Crippen molar-refractivity contribution < 1.29 is 5.21 Å². The van der Waals surface area contributed by atoms with Crippen molar-refractivity contribution in [2.75, 3.05) is 11.9 Å². The van der Waals surface area contributed by atoms with Crippen molar-refractivity contribution in [2.24, 2.45) is 10.9 Å². The Morgan fingerprint density at radius 1 is 1.29 bits per heavy atom. The molecule has 0 saturated carbocycles. The first kappa shape index (κ1) is 12.9. The van der Waals surface area contributed by atoms with Crippen LogP contribution in [0.25, 0.3) is 5.65 Å². The Kier molecular flexibility index (Phi) is 3.15. The second kappa shape index (κ2) is 5.12. The third-order valence-corrected chi connectivity index (χ3v) is 3.24. The van der Waals surface area contributed by atoms with Gasteiger partial charge in [0.25, 0.3) is 0 Å². The molecule has 3 aromatic rings. The molecule has 106 valence electrons. The molecule has 0 fully saturated rings. The molecule has 0 aliphatic carbocycles. The number of fused-ring (bicyclic) bond motifs is 1. The summed E-state index contributed by atoms with van der Waals surface area (Å²) in [6.45, 7) is 0. The molecule has 0 spiro atoms. The van der Waals surface area contributed by atoms with Crippen LogP contribution in [0, 0.1) is 0 Å². The summed E-state index contributed by atoms with van der Waals surface area (Å²) in [4.78, 5) is 6.40. The lowest BCUT2D eigenvalue weighted by Gasteiger charge is -2.21. The van der Waals surface area contributed by atoms with Crippen molar-refractivity contribution in [1.29, 1.82) is 0 Å². The highest BCUT2D eigenvalue weighted by molar-refractivity contribution is 6.02. The van der Waals surface area contributed by atoms with Crippen molar-refractivity contribution in [3.8, 4) is 0 Å². The average molecular weight is 282 g/mol. The predicted octanol–water partition coefficient (Wildman–Crippen LogP) is 1.59. The number of hydrogen-bond acceptors (Lipinski definition) is 5. The topological polar surface area (TPSA) is 92.0 Å². The van der Waals surface area contributed by atoms with Gasteiger partial charge in [0.2, 0.25) is 0 Å². The first-order chi connectivity index (χ1) is 10.2. The Hall–Kier alpha value is -3.09. The molecule has 0 aliphatic heterocycles. The van der Waals surface area contributed by atoms with Crippen LogP contribution in [0.3, 0.4) is 0 Å². The molecule has 2 heterocycles. The first-order valence-electron chi connectivity index (χ1n) is 6.32. The fourth-order valence-electron chi connectivity index (χ4n) is 2.15. The maximum Gasteiger partial charge on any atom is 0.172 e. The molecule has 2 aromatic heterocycles. The Bertz CT molecular complexity index is 810. The quantitative estimate of drug-likeness (QED) is 0.329. The van der Waals surface area contributed by atoms with E-state index in [1.807, 2.05) is 48.5 Å². The summed E-state index contributed by atoms with van der Waals surface area (Å²) in [6.07, 6.45) is 3.52. The number of oxime groups is 1. The van der Waals surface area contributed by atoms with Crippen molar-refractivity contribution in [3.63, 3.8) is 0 Å². The number of nitrogens with zero attached hydrogens (tertiary/aromatic N) is 5. The second-order valence-corrected chi connectivity index (χ2v) is 4.48. The van der Waals surface area contributed by atoms with Crippen LogP contribution >= 0.6 is 0 Å². The molecule has 0 unspecified atom stereocenters. The van der Waals surface area contributed by atoms with E-state index in [9.17, 15) is 0 Å². The molecule has 0 atom stereocenters. The monoisotopic (exact) mass is 282 g/mol. The van der Waals surface area contributed by atoms with Crippen LogP contribution in [0.15, 0.2) is 53.9 Å². The SMILES string of the molecule is CN(c1ccn2nccc2n1)c1ccccc1/C(N)=N/O. The van der Waals surface area contributed by atoms with Gasteiger partial charge in [-0.1, -0.05) is 17.3 Å². The third-order valence-electron chi connectivity index (χ3n) is 3.24. The summed E-state index contributed by atoms with van der Waals surface area (Å²) in [6, 6.07) is 11.1. The number of anilines is 2. The molecule has 1 aromatic carbocycles. The maximum absolute atomic E-state index is 8.90. The highest BCUT2D eigenvalue weighted by atomic mass is 16.4. The van der Waals surface area contributed by atoms with Crippen molar-refractivity contribution >= 4 is 23.0 Å². The summed E-state index contributed by atoms with van der Waals surface area (Å²) < 4.78 is 1.69. The normalized spacial score (nSPS) is 11.8. The maximum atomic E-state index is 8.90. The fourth-order valence-corrected chi connectivity index (χ4v) is 2.15. The van der Waals surface area contributed by atoms with Gasteiger partial charge in [0.1, 0.15) is 5.82 Å². The van der Waals surface area contributed by atoms with Gasteiger partial charge in [-0.15, -0.1) is 0 Å². The largest absolute Gasteiger partial charge is 0.409 e. The first-order valence-corrected chi connectivity index (χ1v) is 6.32. The van der Waals surface area contributed by atoms with E-state index in [0.29, 0.717) is 5.56 Å². The summed E-state index contributed by atoms with van der Waals surface area (Å²) in [5.41, 5.74) is 7.91. The van der Waals surface area contributed by atoms with E-state index in [1.54, 1.807) is 16.8 Å².